The number of para-hydroxylation sites is 1. The molecule has 0 atom stereocenters. The molecule has 2 aliphatic rings. The van der Waals surface area contributed by atoms with Gasteiger partial charge in [-0.1, -0.05) is 190 Å². The van der Waals surface area contributed by atoms with Gasteiger partial charge in [-0.3, -0.25) is 0 Å². The number of hydrogen-bond donors (Lipinski definition) is 0. The van der Waals surface area contributed by atoms with Crippen molar-refractivity contribution in [3.63, 3.8) is 0 Å². The molecule has 0 amide bonds. The van der Waals surface area contributed by atoms with Crippen molar-refractivity contribution in [2.75, 3.05) is 4.90 Å². The molecule has 9 rings (SSSR count). The maximum Gasteiger partial charge on any atom is 0.0670 e. The van der Waals surface area contributed by atoms with Crippen molar-refractivity contribution in [1.82, 2.24) is 0 Å². The first-order chi connectivity index (χ1) is 26.5. The lowest BCUT2D eigenvalue weighted by atomic mass is 9.68. The minimum absolute atomic E-state index is 0.199. The molecule has 0 unspecified atom stereocenters. The van der Waals surface area contributed by atoms with Gasteiger partial charge in [-0.25, -0.2) is 0 Å². The fraction of sp³-hybridized carbons (Fsp3) is 0.0943. The van der Waals surface area contributed by atoms with Crippen LogP contribution in [0.2, 0.25) is 0 Å². The molecule has 0 aromatic heterocycles. The third-order valence-corrected chi connectivity index (χ3v) is 11.6. The van der Waals surface area contributed by atoms with Gasteiger partial charge in [-0.05, 0) is 98.0 Å². The number of fused-ring (bicyclic) bond motifs is 3. The summed E-state index contributed by atoms with van der Waals surface area (Å²) in [4.78, 5) is 2.42. The Labute approximate surface area is 319 Å². The molecule has 0 saturated carbocycles. The van der Waals surface area contributed by atoms with Crippen molar-refractivity contribution < 1.29 is 0 Å². The molecule has 260 valence electrons. The molecule has 0 fully saturated rings. The summed E-state index contributed by atoms with van der Waals surface area (Å²) in [7, 11) is 0. The highest BCUT2D eigenvalue weighted by Gasteiger charge is 2.45. The van der Waals surface area contributed by atoms with Crippen LogP contribution in [0.25, 0.3) is 16.7 Å². The van der Waals surface area contributed by atoms with Gasteiger partial charge in [0.1, 0.15) is 0 Å². The van der Waals surface area contributed by atoms with Gasteiger partial charge in [-0.15, -0.1) is 0 Å². The Morgan fingerprint density at radius 3 is 1.80 bits per heavy atom. The van der Waals surface area contributed by atoms with E-state index >= 15 is 0 Å². The summed E-state index contributed by atoms with van der Waals surface area (Å²) < 4.78 is 0. The van der Waals surface area contributed by atoms with Crippen LogP contribution >= 0.6 is 0 Å². The van der Waals surface area contributed by atoms with Gasteiger partial charge < -0.3 is 4.90 Å². The number of hydrogen-bond acceptors (Lipinski definition) is 1. The van der Waals surface area contributed by atoms with E-state index in [1.54, 1.807) is 0 Å². The zero-order valence-electron chi connectivity index (χ0n) is 30.9. The molecule has 1 heterocycles. The van der Waals surface area contributed by atoms with Gasteiger partial charge in [0.25, 0.3) is 0 Å². The summed E-state index contributed by atoms with van der Waals surface area (Å²) in [5.41, 5.74) is 16.8. The third-order valence-electron chi connectivity index (χ3n) is 11.6. The van der Waals surface area contributed by atoms with Crippen LogP contribution in [0.4, 0.5) is 17.1 Å². The second-order valence-corrected chi connectivity index (χ2v) is 15.0. The van der Waals surface area contributed by atoms with E-state index in [0.717, 1.165) is 23.2 Å². The summed E-state index contributed by atoms with van der Waals surface area (Å²) in [6, 6.07) is 66.2. The molecule has 1 nitrogen and oxygen atoms in total. The lowest BCUT2D eigenvalue weighted by Crippen LogP contribution is -2.30. The Kier molecular flexibility index (Phi) is 8.36. The molecule has 0 radical (unpaired) electrons. The van der Waals surface area contributed by atoms with Crippen molar-refractivity contribution in [2.24, 2.45) is 0 Å². The Morgan fingerprint density at radius 2 is 1.11 bits per heavy atom. The van der Waals surface area contributed by atoms with E-state index in [9.17, 15) is 0 Å². The van der Waals surface area contributed by atoms with Gasteiger partial charge in [-0.2, -0.15) is 0 Å². The van der Waals surface area contributed by atoms with E-state index in [-0.39, 0.29) is 10.8 Å². The summed E-state index contributed by atoms with van der Waals surface area (Å²) in [6.07, 6.45) is 7.63. The Hall–Kier alpha value is -6.44. The van der Waals surface area contributed by atoms with E-state index < -0.39 is 0 Å². The Bertz CT molecular complexity index is 2500. The van der Waals surface area contributed by atoms with Gasteiger partial charge in [0.2, 0.25) is 0 Å². The minimum atomic E-state index is -0.364. The van der Waals surface area contributed by atoms with Crippen LogP contribution in [-0.2, 0) is 17.3 Å². The first-order valence-corrected chi connectivity index (χ1v) is 18.9. The molecular weight excluding hydrogens is 651 g/mol. The Morgan fingerprint density at radius 1 is 0.556 bits per heavy atom. The summed E-state index contributed by atoms with van der Waals surface area (Å²) in [5, 5.41) is 0. The van der Waals surface area contributed by atoms with E-state index in [1.165, 1.54) is 61.5 Å². The molecule has 1 aliphatic carbocycles. The quantitative estimate of drug-likeness (QED) is 0.150. The van der Waals surface area contributed by atoms with Crippen LogP contribution < -0.4 is 4.90 Å². The van der Waals surface area contributed by atoms with Crippen LogP contribution in [0.15, 0.2) is 212 Å². The second kappa shape index (κ2) is 13.5. The first kappa shape index (κ1) is 33.4. The van der Waals surface area contributed by atoms with E-state index in [1.807, 2.05) is 0 Å². The van der Waals surface area contributed by atoms with E-state index in [4.69, 9.17) is 0 Å². The summed E-state index contributed by atoms with van der Waals surface area (Å²) in [6.45, 7) is 9.30. The fourth-order valence-corrected chi connectivity index (χ4v) is 8.95. The molecule has 0 spiro atoms. The maximum absolute atomic E-state index is 4.61. The second-order valence-electron chi connectivity index (χ2n) is 15.0. The van der Waals surface area contributed by atoms with Crippen molar-refractivity contribution in [1.29, 1.82) is 0 Å². The predicted octanol–water partition coefficient (Wildman–Crippen LogP) is 13.5. The van der Waals surface area contributed by atoms with Crippen molar-refractivity contribution >= 4 is 22.6 Å². The van der Waals surface area contributed by atoms with Gasteiger partial charge in [0, 0.05) is 11.1 Å². The Balaban J connectivity index is 1.09. The molecule has 0 bridgehead atoms. The average molecular weight is 694 g/mol. The van der Waals surface area contributed by atoms with Gasteiger partial charge in [0.05, 0.1) is 16.8 Å². The number of allylic oxidation sites excluding steroid dienone is 5. The van der Waals surface area contributed by atoms with Gasteiger partial charge in [0.15, 0.2) is 0 Å². The third kappa shape index (κ3) is 5.47. The lowest BCUT2D eigenvalue weighted by molar-refractivity contribution is 0.631. The van der Waals surface area contributed by atoms with Crippen molar-refractivity contribution in [3.05, 3.63) is 251 Å². The van der Waals surface area contributed by atoms with Crippen LogP contribution in [0.5, 0.6) is 0 Å². The first-order valence-electron chi connectivity index (χ1n) is 18.9. The molecule has 7 aromatic rings. The largest absolute Gasteiger partial charge is 0.310 e. The molecule has 0 saturated heterocycles. The number of rotatable bonds is 7. The van der Waals surface area contributed by atoms with Crippen molar-refractivity contribution in [2.45, 2.75) is 31.1 Å². The monoisotopic (exact) mass is 693 g/mol. The van der Waals surface area contributed by atoms with Crippen LogP contribution in [0.1, 0.15) is 52.8 Å². The maximum atomic E-state index is 4.61. The van der Waals surface area contributed by atoms with E-state index in [2.05, 4.69) is 226 Å². The van der Waals surface area contributed by atoms with Crippen LogP contribution in [-0.4, -0.2) is 0 Å². The molecule has 54 heavy (non-hydrogen) atoms. The summed E-state index contributed by atoms with van der Waals surface area (Å²) in [5.74, 6) is 0. The van der Waals surface area contributed by atoms with Crippen LogP contribution in [0.3, 0.4) is 0 Å². The van der Waals surface area contributed by atoms with Gasteiger partial charge >= 0.3 is 0 Å². The normalized spacial score (nSPS) is 15.8. The van der Waals surface area contributed by atoms with E-state index in [0.29, 0.717) is 0 Å². The van der Waals surface area contributed by atoms with Crippen molar-refractivity contribution in [3.8, 4) is 11.1 Å². The molecule has 1 heteroatoms. The smallest absolute Gasteiger partial charge is 0.0670 e. The zero-order valence-corrected chi connectivity index (χ0v) is 30.9. The highest BCUT2D eigenvalue weighted by atomic mass is 15.2. The summed E-state index contributed by atoms with van der Waals surface area (Å²) >= 11 is 0. The van der Waals surface area contributed by atoms with Crippen LogP contribution in [0, 0.1) is 0 Å². The highest BCUT2D eigenvalue weighted by molar-refractivity contribution is 5.88. The number of nitrogens with zero attached hydrogens (tertiary/aromatic N) is 1. The zero-order chi connectivity index (χ0) is 36.7. The molecular formula is C53H43N. The topological polar surface area (TPSA) is 3.24 Å². The average Bonchev–Trinajstić information content (AvgIpc) is 3.56. The highest BCUT2D eigenvalue weighted by Crippen LogP contribution is 2.54. The number of anilines is 3. The molecule has 0 N–H and O–H groups in total. The SMILES string of the molecule is C=C(/C=C\C=C1/Cc2ccccc2C1(c1ccccc1)c1ccccc1)c1ccc2c(c1)C(C)(C)c1ccccc1N2c1ccc(-c2ccccc2)cc1. The lowest BCUT2D eigenvalue weighted by Gasteiger charge is -2.42. The standard InChI is InChI=1S/C53H43N/c1-38(18-17-26-45-36-42-21-13-14-27-47(42)53(45,43-22-9-5-10-23-43)44-24-11-6-12-25-44)41-32-35-51-49(37-41)52(2,3)48-28-15-16-29-50(48)54(51)46-33-30-40(31-34-46)39-19-7-4-8-20-39/h4-35,37H,1,36H2,2-3H3/b18-17-,45-26+. The molecule has 7 aromatic carbocycles. The number of benzene rings is 7. The predicted molar refractivity (Wildman–Crippen MR) is 228 cm³/mol. The fourth-order valence-electron chi connectivity index (χ4n) is 8.95. The molecule has 1 aliphatic heterocycles. The minimum Gasteiger partial charge on any atom is -0.310 e.